The molecule has 0 aromatic carbocycles. The van der Waals surface area contributed by atoms with E-state index in [-0.39, 0.29) is 11.8 Å². The Morgan fingerprint density at radius 2 is 2.19 bits per heavy atom. The number of amides is 1. The quantitative estimate of drug-likeness (QED) is 0.910. The second-order valence-electron chi connectivity index (χ2n) is 5.25. The highest BCUT2D eigenvalue weighted by Gasteiger charge is 2.22. The maximum absolute atomic E-state index is 12.2. The third kappa shape index (κ3) is 2.98. The molecule has 2 N–H and O–H groups in total. The Morgan fingerprint density at radius 1 is 1.43 bits per heavy atom. The SMILES string of the molecule is Cc1noc(C)c1-c1csc(NC(=O)C2CCNCC2)n1. The first-order chi connectivity index (χ1) is 10.1. The smallest absolute Gasteiger partial charge is 0.229 e. The van der Waals surface area contributed by atoms with E-state index in [4.69, 9.17) is 4.52 Å². The van der Waals surface area contributed by atoms with Crippen molar-refractivity contribution < 1.29 is 9.32 Å². The molecule has 0 bridgehead atoms. The number of aryl methyl sites for hydroxylation is 2. The van der Waals surface area contributed by atoms with Gasteiger partial charge in [0.25, 0.3) is 0 Å². The highest BCUT2D eigenvalue weighted by atomic mass is 32.1. The first-order valence-corrected chi connectivity index (χ1v) is 7.93. The van der Waals surface area contributed by atoms with Crippen molar-refractivity contribution >= 4 is 22.4 Å². The summed E-state index contributed by atoms with van der Waals surface area (Å²) in [5.41, 5.74) is 2.53. The monoisotopic (exact) mass is 306 g/mol. The van der Waals surface area contributed by atoms with Gasteiger partial charge in [-0.1, -0.05) is 5.16 Å². The van der Waals surface area contributed by atoms with E-state index < -0.39 is 0 Å². The lowest BCUT2D eigenvalue weighted by atomic mass is 9.97. The number of nitrogens with one attached hydrogen (secondary N) is 2. The number of aromatic nitrogens is 2. The Bertz CT molecular complexity index is 624. The lowest BCUT2D eigenvalue weighted by Gasteiger charge is -2.20. The van der Waals surface area contributed by atoms with Gasteiger partial charge in [-0.05, 0) is 39.8 Å². The predicted octanol–water partition coefficient (Wildman–Crippen LogP) is 2.35. The van der Waals surface area contributed by atoms with Gasteiger partial charge in [0, 0.05) is 11.3 Å². The minimum absolute atomic E-state index is 0.0659. The molecule has 0 saturated carbocycles. The van der Waals surface area contributed by atoms with Crippen molar-refractivity contribution in [3.63, 3.8) is 0 Å². The van der Waals surface area contributed by atoms with Gasteiger partial charge in [-0.15, -0.1) is 11.3 Å². The third-order valence-corrected chi connectivity index (χ3v) is 4.49. The molecule has 2 aromatic heterocycles. The molecule has 112 valence electrons. The van der Waals surface area contributed by atoms with E-state index in [1.807, 2.05) is 19.2 Å². The zero-order chi connectivity index (χ0) is 14.8. The molecule has 0 aliphatic carbocycles. The Hall–Kier alpha value is -1.73. The molecule has 21 heavy (non-hydrogen) atoms. The van der Waals surface area contributed by atoms with Gasteiger partial charge in [0.15, 0.2) is 5.13 Å². The second-order valence-corrected chi connectivity index (χ2v) is 6.11. The average molecular weight is 306 g/mol. The van der Waals surface area contributed by atoms with Crippen LogP contribution in [0.1, 0.15) is 24.3 Å². The van der Waals surface area contributed by atoms with Crippen molar-refractivity contribution in [3.05, 3.63) is 16.8 Å². The molecule has 3 heterocycles. The van der Waals surface area contributed by atoms with Crippen LogP contribution in [0, 0.1) is 19.8 Å². The molecular formula is C14H18N4O2S. The summed E-state index contributed by atoms with van der Waals surface area (Å²) in [7, 11) is 0. The summed E-state index contributed by atoms with van der Waals surface area (Å²) in [6.07, 6.45) is 1.77. The van der Waals surface area contributed by atoms with Crippen LogP contribution < -0.4 is 10.6 Å². The molecule has 3 rings (SSSR count). The minimum atomic E-state index is 0.0659. The molecule has 0 unspecified atom stereocenters. The van der Waals surface area contributed by atoms with Gasteiger partial charge in [-0.2, -0.15) is 0 Å². The van der Waals surface area contributed by atoms with Crippen molar-refractivity contribution in [1.82, 2.24) is 15.5 Å². The van der Waals surface area contributed by atoms with Crippen LogP contribution in [-0.4, -0.2) is 29.1 Å². The molecule has 0 spiro atoms. The van der Waals surface area contributed by atoms with E-state index in [9.17, 15) is 4.79 Å². The molecule has 7 heteroatoms. The normalized spacial score (nSPS) is 16.1. The standard InChI is InChI=1S/C14H18N4O2S/c1-8-12(9(2)20-18-8)11-7-21-14(16-11)17-13(19)10-3-5-15-6-4-10/h7,10,15H,3-6H2,1-2H3,(H,16,17,19). The van der Waals surface area contributed by atoms with Gasteiger partial charge in [0.2, 0.25) is 5.91 Å². The van der Waals surface area contributed by atoms with Gasteiger partial charge in [0.1, 0.15) is 5.76 Å². The zero-order valence-corrected chi connectivity index (χ0v) is 12.9. The van der Waals surface area contributed by atoms with Crippen LogP contribution in [0.3, 0.4) is 0 Å². The molecule has 1 amide bonds. The summed E-state index contributed by atoms with van der Waals surface area (Å²) < 4.78 is 5.16. The molecule has 1 fully saturated rings. The Labute approximate surface area is 126 Å². The fourth-order valence-electron chi connectivity index (χ4n) is 2.59. The number of anilines is 1. The number of thiazole rings is 1. The minimum Gasteiger partial charge on any atom is -0.361 e. The highest BCUT2D eigenvalue weighted by Crippen LogP contribution is 2.30. The van der Waals surface area contributed by atoms with Crippen LogP contribution in [0.15, 0.2) is 9.90 Å². The topological polar surface area (TPSA) is 80.0 Å². The molecule has 0 atom stereocenters. The summed E-state index contributed by atoms with van der Waals surface area (Å²) in [6.45, 7) is 5.56. The number of carbonyl (C=O) groups excluding carboxylic acids is 1. The van der Waals surface area contributed by atoms with Crippen molar-refractivity contribution in [2.45, 2.75) is 26.7 Å². The summed E-state index contributed by atoms with van der Waals surface area (Å²) in [4.78, 5) is 16.7. The lowest BCUT2D eigenvalue weighted by molar-refractivity contribution is -0.120. The number of rotatable bonds is 3. The zero-order valence-electron chi connectivity index (χ0n) is 12.1. The first kappa shape index (κ1) is 14.2. The average Bonchev–Trinajstić information content (AvgIpc) is 3.06. The number of hydrogen-bond acceptors (Lipinski definition) is 6. The van der Waals surface area contributed by atoms with E-state index in [1.165, 1.54) is 11.3 Å². The molecule has 1 aliphatic heterocycles. The molecule has 2 aromatic rings. The van der Waals surface area contributed by atoms with Crippen LogP contribution in [0.5, 0.6) is 0 Å². The third-order valence-electron chi connectivity index (χ3n) is 3.73. The summed E-state index contributed by atoms with van der Waals surface area (Å²) >= 11 is 1.43. The maximum Gasteiger partial charge on any atom is 0.229 e. The van der Waals surface area contributed by atoms with E-state index in [1.54, 1.807) is 0 Å². The predicted molar refractivity (Wildman–Crippen MR) is 81.3 cm³/mol. The number of hydrogen-bond donors (Lipinski definition) is 2. The van der Waals surface area contributed by atoms with Crippen LogP contribution >= 0.6 is 11.3 Å². The van der Waals surface area contributed by atoms with E-state index in [0.29, 0.717) is 5.13 Å². The summed E-state index contributed by atoms with van der Waals surface area (Å²) in [6, 6.07) is 0. The number of piperidine rings is 1. The fraction of sp³-hybridized carbons (Fsp3) is 0.500. The highest BCUT2D eigenvalue weighted by molar-refractivity contribution is 7.14. The lowest BCUT2D eigenvalue weighted by Crippen LogP contribution is -2.34. The van der Waals surface area contributed by atoms with Gasteiger partial charge in [-0.3, -0.25) is 4.79 Å². The van der Waals surface area contributed by atoms with Crippen LogP contribution in [-0.2, 0) is 4.79 Å². The maximum atomic E-state index is 12.2. The summed E-state index contributed by atoms with van der Waals surface area (Å²) in [5.74, 6) is 0.892. The Kier molecular flexibility index (Phi) is 4.03. The number of carbonyl (C=O) groups is 1. The van der Waals surface area contributed by atoms with Gasteiger partial charge in [0.05, 0.1) is 17.0 Å². The van der Waals surface area contributed by atoms with Gasteiger partial charge in [-0.25, -0.2) is 4.98 Å². The Morgan fingerprint density at radius 3 is 2.86 bits per heavy atom. The van der Waals surface area contributed by atoms with Gasteiger partial charge >= 0.3 is 0 Å². The summed E-state index contributed by atoms with van der Waals surface area (Å²) in [5, 5.41) is 12.7. The first-order valence-electron chi connectivity index (χ1n) is 7.05. The number of nitrogens with zero attached hydrogens (tertiary/aromatic N) is 2. The van der Waals surface area contributed by atoms with Crippen molar-refractivity contribution in [2.75, 3.05) is 18.4 Å². The fourth-order valence-corrected chi connectivity index (χ4v) is 3.29. The molecule has 0 radical (unpaired) electrons. The molecule has 1 aliphatic rings. The van der Waals surface area contributed by atoms with Crippen molar-refractivity contribution in [2.24, 2.45) is 5.92 Å². The van der Waals surface area contributed by atoms with E-state index in [0.717, 1.165) is 48.6 Å². The second kappa shape index (κ2) is 5.95. The van der Waals surface area contributed by atoms with Gasteiger partial charge < -0.3 is 15.2 Å². The van der Waals surface area contributed by atoms with Crippen molar-refractivity contribution in [3.8, 4) is 11.3 Å². The Balaban J connectivity index is 1.72. The van der Waals surface area contributed by atoms with Crippen LogP contribution in [0.2, 0.25) is 0 Å². The van der Waals surface area contributed by atoms with E-state index >= 15 is 0 Å². The van der Waals surface area contributed by atoms with Crippen molar-refractivity contribution in [1.29, 1.82) is 0 Å². The molecule has 1 saturated heterocycles. The largest absolute Gasteiger partial charge is 0.361 e. The molecule has 6 nitrogen and oxygen atoms in total. The molecular weight excluding hydrogens is 288 g/mol. The van der Waals surface area contributed by atoms with E-state index in [2.05, 4.69) is 20.8 Å². The van der Waals surface area contributed by atoms with Crippen LogP contribution in [0.25, 0.3) is 11.3 Å². The van der Waals surface area contributed by atoms with Crippen LogP contribution in [0.4, 0.5) is 5.13 Å².